The Hall–Kier alpha value is -2.86. The lowest BCUT2D eigenvalue weighted by Gasteiger charge is -2.50. The van der Waals surface area contributed by atoms with Gasteiger partial charge in [0.15, 0.2) is 10.8 Å². The van der Waals surface area contributed by atoms with E-state index < -0.39 is 17.4 Å². The van der Waals surface area contributed by atoms with E-state index in [1.54, 1.807) is 11.0 Å². The highest BCUT2D eigenvalue weighted by atomic mass is 32.1. The molecule has 0 radical (unpaired) electrons. The van der Waals surface area contributed by atoms with Crippen molar-refractivity contribution in [3.05, 3.63) is 53.9 Å². The first kappa shape index (κ1) is 22.9. The summed E-state index contributed by atoms with van der Waals surface area (Å²) in [5.74, 6) is 0.873. The summed E-state index contributed by atoms with van der Waals surface area (Å²) in [7, 11) is 0. The van der Waals surface area contributed by atoms with Crippen LogP contribution in [0.3, 0.4) is 0 Å². The molecule has 1 aromatic heterocycles. The molecule has 2 saturated carbocycles. The van der Waals surface area contributed by atoms with Crippen LogP contribution >= 0.6 is 12.2 Å². The summed E-state index contributed by atoms with van der Waals surface area (Å²) in [6.45, 7) is 0.553. The molecule has 178 valence electrons. The monoisotopic (exact) mass is 486 g/mol. The normalized spacial score (nSPS) is 24.1. The second-order valence-electron chi connectivity index (χ2n) is 9.38. The molecule has 0 bridgehead atoms. The molecule has 2 heterocycles. The summed E-state index contributed by atoms with van der Waals surface area (Å²) in [5.41, 5.74) is -1.48. The first-order valence-electron chi connectivity index (χ1n) is 11.6. The fourth-order valence-corrected chi connectivity index (χ4v) is 6.03. The quantitative estimate of drug-likeness (QED) is 0.518. The first-order chi connectivity index (χ1) is 16.3. The van der Waals surface area contributed by atoms with Crippen LogP contribution in [0.2, 0.25) is 0 Å². The maximum Gasteiger partial charge on any atom is 0.419 e. The average Bonchev–Trinajstić information content (AvgIpc) is 3.13. The number of hydrogen-bond acceptors (Lipinski definition) is 4. The summed E-state index contributed by atoms with van der Waals surface area (Å²) >= 11 is 5.85. The zero-order chi connectivity index (χ0) is 23.9. The Morgan fingerprint density at radius 2 is 1.82 bits per heavy atom. The molecule has 1 aromatic carbocycles. The SMILES string of the molecule is N#Cc1ncc(N2CC3(CCC3)N(C3CCC(Oc4ccccc4)CC3)C2=S)cc1C(F)(F)F. The minimum atomic E-state index is -4.65. The third-order valence-electron chi connectivity index (χ3n) is 7.34. The van der Waals surface area contributed by atoms with Gasteiger partial charge in [0, 0.05) is 12.6 Å². The van der Waals surface area contributed by atoms with Gasteiger partial charge in [0.25, 0.3) is 0 Å². The standard InChI is InChI=1S/C25H25F3N4OS/c26-25(27,28)21-13-18(15-30-22(21)14-29)31-16-24(11-4-12-24)32(23(31)34)17-7-9-20(10-8-17)33-19-5-2-1-3-6-19/h1-3,5-6,13,15,17,20H,4,7-12,16H2. The number of para-hydroxylation sites is 1. The number of pyridine rings is 1. The predicted molar refractivity (Wildman–Crippen MR) is 125 cm³/mol. The van der Waals surface area contributed by atoms with E-state index in [1.807, 2.05) is 30.3 Å². The van der Waals surface area contributed by atoms with Crippen LogP contribution < -0.4 is 9.64 Å². The molecule has 1 aliphatic heterocycles. The zero-order valence-electron chi connectivity index (χ0n) is 18.6. The van der Waals surface area contributed by atoms with E-state index in [1.165, 1.54) is 6.20 Å². The lowest BCUT2D eigenvalue weighted by Crippen LogP contribution is -2.57. The fourth-order valence-electron chi connectivity index (χ4n) is 5.52. The molecule has 0 amide bonds. The highest BCUT2D eigenvalue weighted by molar-refractivity contribution is 7.80. The molecule has 34 heavy (non-hydrogen) atoms. The van der Waals surface area contributed by atoms with Crippen molar-refractivity contribution < 1.29 is 17.9 Å². The number of thiocarbonyl (C=S) groups is 1. The summed E-state index contributed by atoms with van der Waals surface area (Å²) in [6.07, 6.45) is 3.52. The number of anilines is 1. The zero-order valence-corrected chi connectivity index (χ0v) is 19.4. The van der Waals surface area contributed by atoms with Crippen LogP contribution in [-0.2, 0) is 6.18 Å². The highest BCUT2D eigenvalue weighted by Crippen LogP contribution is 2.48. The molecule has 3 fully saturated rings. The van der Waals surface area contributed by atoms with E-state index in [4.69, 9.17) is 22.2 Å². The van der Waals surface area contributed by atoms with E-state index in [-0.39, 0.29) is 17.7 Å². The van der Waals surface area contributed by atoms with Gasteiger partial charge in [-0.05, 0) is 75.4 Å². The first-order valence-corrected chi connectivity index (χ1v) is 12.0. The van der Waals surface area contributed by atoms with Gasteiger partial charge in [0.1, 0.15) is 11.8 Å². The molecular formula is C25H25F3N4OS. The van der Waals surface area contributed by atoms with Crippen LogP contribution in [0, 0.1) is 11.3 Å². The summed E-state index contributed by atoms with van der Waals surface area (Å²) in [5, 5.41) is 9.64. The van der Waals surface area contributed by atoms with E-state index in [2.05, 4.69) is 9.88 Å². The van der Waals surface area contributed by atoms with Crippen molar-refractivity contribution in [2.24, 2.45) is 0 Å². The predicted octanol–water partition coefficient (Wildman–Crippen LogP) is 5.69. The minimum Gasteiger partial charge on any atom is -0.490 e. The molecule has 0 N–H and O–H groups in total. The highest BCUT2D eigenvalue weighted by Gasteiger charge is 2.54. The third kappa shape index (κ3) is 4.09. The lowest BCUT2D eigenvalue weighted by molar-refractivity contribution is -0.138. The average molecular weight is 487 g/mol. The number of nitriles is 1. The molecule has 5 nitrogen and oxygen atoms in total. The minimum absolute atomic E-state index is 0.138. The van der Waals surface area contributed by atoms with Crippen LogP contribution in [0.4, 0.5) is 18.9 Å². The largest absolute Gasteiger partial charge is 0.490 e. The van der Waals surface area contributed by atoms with Crippen molar-refractivity contribution in [1.82, 2.24) is 9.88 Å². The Balaban J connectivity index is 1.34. The number of ether oxygens (including phenoxy) is 1. The van der Waals surface area contributed by atoms with Crippen molar-refractivity contribution in [2.75, 3.05) is 11.4 Å². The van der Waals surface area contributed by atoms with Gasteiger partial charge in [-0.25, -0.2) is 4.98 Å². The van der Waals surface area contributed by atoms with E-state index in [0.717, 1.165) is 56.8 Å². The second kappa shape index (κ2) is 8.73. The third-order valence-corrected chi connectivity index (χ3v) is 7.75. The second-order valence-corrected chi connectivity index (χ2v) is 9.74. The van der Waals surface area contributed by atoms with Crippen molar-refractivity contribution in [2.45, 2.75) is 68.8 Å². The van der Waals surface area contributed by atoms with Crippen LogP contribution in [0.25, 0.3) is 0 Å². The van der Waals surface area contributed by atoms with Crippen LogP contribution in [0.15, 0.2) is 42.6 Å². The van der Waals surface area contributed by atoms with Gasteiger partial charge in [-0.3, -0.25) is 0 Å². The number of halogens is 3. The van der Waals surface area contributed by atoms with Gasteiger partial charge in [-0.2, -0.15) is 18.4 Å². The topological polar surface area (TPSA) is 52.4 Å². The number of benzene rings is 1. The van der Waals surface area contributed by atoms with Crippen LogP contribution in [0.1, 0.15) is 56.2 Å². The fraction of sp³-hybridized carbons (Fsp3) is 0.480. The van der Waals surface area contributed by atoms with Gasteiger partial charge in [-0.15, -0.1) is 0 Å². The van der Waals surface area contributed by atoms with E-state index in [0.29, 0.717) is 17.3 Å². The molecule has 5 rings (SSSR count). The van der Waals surface area contributed by atoms with Crippen LogP contribution in [-0.4, -0.2) is 39.2 Å². The van der Waals surface area contributed by atoms with Gasteiger partial charge in [0.2, 0.25) is 0 Å². The van der Waals surface area contributed by atoms with Crippen molar-refractivity contribution in [3.63, 3.8) is 0 Å². The molecule has 0 unspecified atom stereocenters. The Bertz CT molecular complexity index is 1110. The Labute approximate surface area is 202 Å². The van der Waals surface area contributed by atoms with Gasteiger partial charge in [-0.1, -0.05) is 18.2 Å². The summed E-state index contributed by atoms with van der Waals surface area (Å²) in [4.78, 5) is 7.89. The number of nitrogens with zero attached hydrogens (tertiary/aromatic N) is 4. The van der Waals surface area contributed by atoms with Gasteiger partial charge in [0.05, 0.1) is 29.1 Å². The molecule has 9 heteroatoms. The lowest BCUT2D eigenvalue weighted by atomic mass is 9.74. The molecule has 2 aliphatic carbocycles. The van der Waals surface area contributed by atoms with Crippen LogP contribution in [0.5, 0.6) is 5.75 Å². The number of alkyl halides is 3. The van der Waals surface area contributed by atoms with E-state index in [9.17, 15) is 13.2 Å². The maximum atomic E-state index is 13.5. The Kier molecular flexibility index (Phi) is 5.88. The van der Waals surface area contributed by atoms with Crippen molar-refractivity contribution in [3.8, 4) is 11.8 Å². The molecule has 1 saturated heterocycles. The molecule has 0 atom stereocenters. The van der Waals surface area contributed by atoms with Crippen molar-refractivity contribution >= 4 is 23.0 Å². The van der Waals surface area contributed by atoms with Gasteiger partial charge < -0.3 is 14.5 Å². The number of rotatable bonds is 4. The number of aromatic nitrogens is 1. The molecular weight excluding hydrogens is 461 g/mol. The summed E-state index contributed by atoms with van der Waals surface area (Å²) < 4.78 is 46.7. The molecule has 1 spiro atoms. The maximum absolute atomic E-state index is 13.5. The smallest absolute Gasteiger partial charge is 0.419 e. The Morgan fingerprint density at radius 1 is 1.12 bits per heavy atom. The Morgan fingerprint density at radius 3 is 2.41 bits per heavy atom. The summed E-state index contributed by atoms with van der Waals surface area (Å²) in [6, 6.07) is 12.6. The van der Waals surface area contributed by atoms with E-state index >= 15 is 0 Å². The molecule has 3 aliphatic rings. The number of hydrogen-bond donors (Lipinski definition) is 0. The van der Waals surface area contributed by atoms with Gasteiger partial charge >= 0.3 is 6.18 Å². The molecule has 2 aromatic rings. The van der Waals surface area contributed by atoms with Crippen molar-refractivity contribution in [1.29, 1.82) is 5.26 Å².